The first kappa shape index (κ1) is 15.0. The maximum atomic E-state index is 12.7. The third kappa shape index (κ3) is 5.06. The van der Waals surface area contributed by atoms with Gasteiger partial charge in [0.15, 0.2) is 0 Å². The number of ether oxygens (including phenoxy) is 1. The molecular weight excluding hydrogens is 253 g/mol. The zero-order chi connectivity index (χ0) is 13.5. The number of nitrogens with one attached hydrogen (secondary N) is 1. The van der Waals surface area contributed by atoms with Crippen LogP contribution >= 0.6 is 11.8 Å². The number of rotatable bonds is 6. The Balaban J connectivity index is 2.55. The molecule has 5 heteroatoms. The van der Waals surface area contributed by atoms with E-state index in [4.69, 9.17) is 4.74 Å². The van der Waals surface area contributed by atoms with Crippen LogP contribution in [0.15, 0.2) is 29.2 Å². The number of hydrogen-bond acceptors (Lipinski definition) is 4. The van der Waals surface area contributed by atoms with Crippen molar-refractivity contribution in [2.24, 2.45) is 0 Å². The molecule has 3 nitrogen and oxygen atoms in total. The van der Waals surface area contributed by atoms with Crippen LogP contribution in [0, 0.1) is 5.82 Å². The van der Waals surface area contributed by atoms with Gasteiger partial charge in [0.05, 0.1) is 7.11 Å². The molecule has 1 rings (SSSR count). The first-order valence-electron chi connectivity index (χ1n) is 5.75. The predicted octanol–water partition coefficient (Wildman–Crippen LogP) is 2.46. The van der Waals surface area contributed by atoms with Gasteiger partial charge in [-0.1, -0.05) is 13.8 Å². The van der Waals surface area contributed by atoms with Crippen LogP contribution in [0.2, 0.25) is 0 Å². The Kier molecular flexibility index (Phi) is 6.15. The predicted molar refractivity (Wildman–Crippen MR) is 71.2 cm³/mol. The highest BCUT2D eigenvalue weighted by Crippen LogP contribution is 2.19. The lowest BCUT2D eigenvalue weighted by Gasteiger charge is -2.18. The summed E-state index contributed by atoms with van der Waals surface area (Å²) in [6, 6.07) is 6.05. The van der Waals surface area contributed by atoms with E-state index in [-0.39, 0.29) is 23.9 Å². The Hall–Kier alpha value is -1.07. The average Bonchev–Trinajstić information content (AvgIpc) is 2.35. The van der Waals surface area contributed by atoms with Crippen molar-refractivity contribution >= 4 is 17.7 Å². The van der Waals surface area contributed by atoms with E-state index in [0.717, 1.165) is 4.90 Å². The molecule has 0 aromatic heterocycles. The summed E-state index contributed by atoms with van der Waals surface area (Å²) >= 11 is 1.49. The summed E-state index contributed by atoms with van der Waals surface area (Å²) in [5, 5.41) is 3.14. The molecular formula is C13H18FNO2S. The first-order chi connectivity index (χ1) is 8.52. The molecule has 0 aliphatic carbocycles. The van der Waals surface area contributed by atoms with E-state index >= 15 is 0 Å². The van der Waals surface area contributed by atoms with Crippen molar-refractivity contribution < 1.29 is 13.9 Å². The van der Waals surface area contributed by atoms with Gasteiger partial charge in [-0.05, 0) is 24.3 Å². The summed E-state index contributed by atoms with van der Waals surface area (Å²) in [5.41, 5.74) is 0. The van der Waals surface area contributed by atoms with Crippen molar-refractivity contribution in [3.8, 4) is 0 Å². The average molecular weight is 271 g/mol. The Morgan fingerprint density at radius 2 is 2.00 bits per heavy atom. The molecule has 1 N–H and O–H groups in total. The van der Waals surface area contributed by atoms with Gasteiger partial charge < -0.3 is 10.1 Å². The maximum Gasteiger partial charge on any atom is 0.323 e. The maximum absolute atomic E-state index is 12.7. The molecule has 1 unspecified atom stereocenters. The van der Waals surface area contributed by atoms with Crippen LogP contribution in [-0.2, 0) is 9.53 Å². The highest BCUT2D eigenvalue weighted by Gasteiger charge is 2.19. The monoisotopic (exact) mass is 271 g/mol. The van der Waals surface area contributed by atoms with E-state index in [1.807, 2.05) is 13.8 Å². The SMILES string of the molecule is COC(=O)C(CSc1ccc(F)cc1)NC(C)C. The van der Waals surface area contributed by atoms with Gasteiger partial charge in [-0.25, -0.2) is 4.39 Å². The van der Waals surface area contributed by atoms with E-state index in [0.29, 0.717) is 5.75 Å². The minimum absolute atomic E-state index is 0.197. The lowest BCUT2D eigenvalue weighted by Crippen LogP contribution is -2.43. The molecule has 0 spiro atoms. The minimum atomic E-state index is -0.356. The minimum Gasteiger partial charge on any atom is -0.468 e. The number of thioether (sulfide) groups is 1. The second-order valence-electron chi connectivity index (χ2n) is 4.16. The highest BCUT2D eigenvalue weighted by atomic mass is 32.2. The van der Waals surface area contributed by atoms with Crippen LogP contribution in [0.3, 0.4) is 0 Å². The topological polar surface area (TPSA) is 38.3 Å². The normalized spacial score (nSPS) is 12.5. The van der Waals surface area contributed by atoms with Crippen LogP contribution in [0.25, 0.3) is 0 Å². The number of carbonyl (C=O) groups excluding carboxylic acids is 1. The summed E-state index contributed by atoms with van der Waals surface area (Å²) < 4.78 is 17.5. The summed E-state index contributed by atoms with van der Waals surface area (Å²) in [7, 11) is 1.37. The fourth-order valence-electron chi connectivity index (χ4n) is 1.44. The van der Waals surface area contributed by atoms with E-state index in [1.165, 1.54) is 31.0 Å². The van der Waals surface area contributed by atoms with Crippen molar-refractivity contribution in [2.75, 3.05) is 12.9 Å². The number of carbonyl (C=O) groups is 1. The van der Waals surface area contributed by atoms with Gasteiger partial charge in [-0.15, -0.1) is 11.8 Å². The third-order valence-electron chi connectivity index (χ3n) is 2.25. The van der Waals surface area contributed by atoms with E-state index in [2.05, 4.69) is 5.32 Å². The number of halogens is 1. The highest BCUT2D eigenvalue weighted by molar-refractivity contribution is 7.99. The fourth-order valence-corrected chi connectivity index (χ4v) is 2.36. The van der Waals surface area contributed by atoms with E-state index in [1.54, 1.807) is 12.1 Å². The molecule has 1 aromatic carbocycles. The van der Waals surface area contributed by atoms with Gasteiger partial charge in [0.25, 0.3) is 0 Å². The quantitative estimate of drug-likeness (QED) is 0.637. The Morgan fingerprint density at radius 1 is 1.39 bits per heavy atom. The molecule has 0 bridgehead atoms. The standard InChI is InChI=1S/C13H18FNO2S/c1-9(2)15-12(13(16)17-3)8-18-11-6-4-10(14)5-7-11/h4-7,9,12,15H,8H2,1-3H3. The molecule has 0 aliphatic rings. The van der Waals surface area contributed by atoms with Crippen molar-refractivity contribution in [3.05, 3.63) is 30.1 Å². The van der Waals surface area contributed by atoms with Gasteiger partial charge >= 0.3 is 5.97 Å². The summed E-state index contributed by atoms with van der Waals surface area (Å²) in [5.74, 6) is 0.0127. The van der Waals surface area contributed by atoms with Crippen LogP contribution in [-0.4, -0.2) is 30.9 Å². The van der Waals surface area contributed by atoms with Crippen molar-refractivity contribution in [1.82, 2.24) is 5.32 Å². The first-order valence-corrected chi connectivity index (χ1v) is 6.73. The lowest BCUT2D eigenvalue weighted by molar-refractivity contribution is -0.142. The zero-order valence-electron chi connectivity index (χ0n) is 10.8. The summed E-state index contributed by atoms with van der Waals surface area (Å²) in [4.78, 5) is 12.5. The Bertz CT molecular complexity index is 381. The molecule has 0 aliphatic heterocycles. The van der Waals surface area contributed by atoms with Gasteiger partial charge in [0.2, 0.25) is 0 Å². The number of benzene rings is 1. The smallest absolute Gasteiger partial charge is 0.323 e. The molecule has 1 aromatic rings. The van der Waals surface area contributed by atoms with Crippen LogP contribution in [0.4, 0.5) is 4.39 Å². The molecule has 0 saturated heterocycles. The number of methoxy groups -OCH3 is 1. The third-order valence-corrected chi connectivity index (χ3v) is 3.36. The van der Waals surface area contributed by atoms with Crippen LogP contribution in [0.5, 0.6) is 0 Å². The van der Waals surface area contributed by atoms with Gasteiger partial charge in [-0.2, -0.15) is 0 Å². The molecule has 0 amide bonds. The molecule has 0 heterocycles. The molecule has 0 radical (unpaired) electrons. The molecule has 0 fully saturated rings. The number of hydrogen-bond donors (Lipinski definition) is 1. The van der Waals surface area contributed by atoms with Gasteiger partial charge in [0, 0.05) is 16.7 Å². The van der Waals surface area contributed by atoms with Crippen molar-refractivity contribution in [3.63, 3.8) is 0 Å². The molecule has 100 valence electrons. The second kappa shape index (κ2) is 7.38. The fraction of sp³-hybridized carbons (Fsp3) is 0.462. The second-order valence-corrected chi connectivity index (χ2v) is 5.26. The molecule has 1 atom stereocenters. The lowest BCUT2D eigenvalue weighted by atomic mass is 10.3. The molecule has 0 saturated carbocycles. The molecule has 18 heavy (non-hydrogen) atoms. The van der Waals surface area contributed by atoms with E-state index in [9.17, 15) is 9.18 Å². The summed E-state index contributed by atoms with van der Waals surface area (Å²) in [6.45, 7) is 3.94. The zero-order valence-corrected chi connectivity index (χ0v) is 11.6. The van der Waals surface area contributed by atoms with Crippen LogP contribution in [0.1, 0.15) is 13.8 Å². The Morgan fingerprint density at radius 3 is 2.50 bits per heavy atom. The van der Waals surface area contributed by atoms with Gasteiger partial charge in [-0.3, -0.25) is 4.79 Å². The van der Waals surface area contributed by atoms with Crippen molar-refractivity contribution in [1.29, 1.82) is 0 Å². The Labute approximate surface area is 111 Å². The van der Waals surface area contributed by atoms with Crippen molar-refractivity contribution in [2.45, 2.75) is 30.8 Å². The summed E-state index contributed by atoms with van der Waals surface area (Å²) in [6.07, 6.45) is 0. The number of esters is 1. The van der Waals surface area contributed by atoms with E-state index < -0.39 is 0 Å². The van der Waals surface area contributed by atoms with Crippen LogP contribution < -0.4 is 5.32 Å². The van der Waals surface area contributed by atoms with Gasteiger partial charge in [0.1, 0.15) is 11.9 Å². The largest absolute Gasteiger partial charge is 0.468 e.